The van der Waals surface area contributed by atoms with Crippen LogP contribution in [0.2, 0.25) is 0 Å². The van der Waals surface area contributed by atoms with Gasteiger partial charge in [0.2, 0.25) is 0 Å². The van der Waals surface area contributed by atoms with Gasteiger partial charge in [0, 0.05) is 17.3 Å². The molecule has 146 valence electrons. The minimum Gasteiger partial charge on any atom is -0.452 e. The van der Waals surface area contributed by atoms with Gasteiger partial charge in [-0.2, -0.15) is 0 Å². The van der Waals surface area contributed by atoms with Gasteiger partial charge in [-0.15, -0.1) is 5.10 Å². The molecule has 7 heteroatoms. The molecule has 29 heavy (non-hydrogen) atoms. The first-order valence-corrected chi connectivity index (χ1v) is 9.66. The summed E-state index contributed by atoms with van der Waals surface area (Å²) < 4.78 is 8.14. The molecule has 0 radical (unpaired) electrons. The number of aromatic nitrogens is 4. The van der Waals surface area contributed by atoms with Crippen LogP contribution >= 0.6 is 0 Å². The smallest absolute Gasteiger partial charge is 0.177 e. The molecule has 0 aliphatic rings. The monoisotopic (exact) mass is 386 g/mol. The number of furan rings is 1. The molecule has 0 atom stereocenters. The van der Waals surface area contributed by atoms with Crippen molar-refractivity contribution in [2.24, 2.45) is 0 Å². The second-order valence-electron chi connectivity index (χ2n) is 7.39. The van der Waals surface area contributed by atoms with Crippen molar-refractivity contribution in [2.45, 2.75) is 13.1 Å². The van der Waals surface area contributed by atoms with Crippen molar-refractivity contribution in [1.82, 2.24) is 24.9 Å². The predicted octanol–water partition coefficient (Wildman–Crippen LogP) is 3.90. The fourth-order valence-electron chi connectivity index (χ4n) is 3.59. The molecule has 5 aromatic rings. The molecular weight excluding hydrogens is 364 g/mol. The maximum atomic E-state index is 6.20. The molecule has 0 bridgehead atoms. The van der Waals surface area contributed by atoms with Gasteiger partial charge in [0.05, 0.1) is 36.2 Å². The Kier molecular flexibility index (Phi) is 4.37. The van der Waals surface area contributed by atoms with E-state index in [0.717, 1.165) is 57.4 Å². The van der Waals surface area contributed by atoms with E-state index in [1.165, 1.54) is 0 Å². The molecule has 0 saturated carbocycles. The van der Waals surface area contributed by atoms with Gasteiger partial charge < -0.3 is 14.6 Å². The summed E-state index contributed by atoms with van der Waals surface area (Å²) in [4.78, 5) is 7.00. The standard InChI is InChI=1S/C22H22N6O/c1-27(2)11-12-28-15(14-24-26-28)13-23-20-16-7-3-5-9-18(16)25-21-17-8-4-6-10-19(17)29-22(20)21/h3-10,14H,11-13H2,1-2H3,(H,23,25). The fraction of sp³-hybridized carbons (Fsp3) is 0.227. The highest BCUT2D eigenvalue weighted by Gasteiger charge is 2.16. The van der Waals surface area contributed by atoms with Crippen molar-refractivity contribution in [3.05, 3.63) is 60.4 Å². The van der Waals surface area contributed by atoms with E-state index in [-0.39, 0.29) is 0 Å². The molecule has 7 nitrogen and oxygen atoms in total. The Labute approximate surface area is 167 Å². The van der Waals surface area contributed by atoms with Crippen molar-refractivity contribution in [3.8, 4) is 0 Å². The summed E-state index contributed by atoms with van der Waals surface area (Å²) in [6, 6.07) is 16.1. The first kappa shape index (κ1) is 17.6. The van der Waals surface area contributed by atoms with Gasteiger partial charge in [-0.1, -0.05) is 35.5 Å². The minimum absolute atomic E-state index is 0.598. The van der Waals surface area contributed by atoms with E-state index in [9.17, 15) is 0 Å². The van der Waals surface area contributed by atoms with Crippen molar-refractivity contribution in [3.63, 3.8) is 0 Å². The van der Waals surface area contributed by atoms with Crippen molar-refractivity contribution < 1.29 is 4.42 Å². The number of nitrogens with zero attached hydrogens (tertiary/aromatic N) is 5. The van der Waals surface area contributed by atoms with Gasteiger partial charge in [-0.3, -0.25) is 0 Å². The second kappa shape index (κ2) is 7.18. The van der Waals surface area contributed by atoms with Crippen molar-refractivity contribution >= 4 is 38.7 Å². The SMILES string of the molecule is CN(C)CCn1nncc1CNc1c2ccccc2nc2c1oc1ccccc12. The Morgan fingerprint density at radius 3 is 2.69 bits per heavy atom. The van der Waals surface area contributed by atoms with Gasteiger partial charge in [0.15, 0.2) is 5.58 Å². The van der Waals surface area contributed by atoms with Crippen LogP contribution in [-0.2, 0) is 13.1 Å². The minimum atomic E-state index is 0.598. The molecule has 0 aliphatic carbocycles. The average Bonchev–Trinajstić information content (AvgIpc) is 3.33. The van der Waals surface area contributed by atoms with Crippen molar-refractivity contribution in [2.75, 3.05) is 26.0 Å². The Balaban J connectivity index is 1.58. The van der Waals surface area contributed by atoms with E-state index in [1.807, 2.05) is 53.3 Å². The Hall–Kier alpha value is -3.45. The number of hydrogen-bond acceptors (Lipinski definition) is 6. The summed E-state index contributed by atoms with van der Waals surface area (Å²) in [5, 5.41) is 13.9. The lowest BCUT2D eigenvalue weighted by Gasteiger charge is -2.13. The van der Waals surface area contributed by atoms with Crippen LogP contribution in [-0.4, -0.2) is 45.5 Å². The van der Waals surface area contributed by atoms with Gasteiger partial charge in [-0.05, 0) is 32.3 Å². The van der Waals surface area contributed by atoms with Crippen LogP contribution in [0.5, 0.6) is 0 Å². The lowest BCUT2D eigenvalue weighted by atomic mass is 10.1. The number of benzene rings is 2. The van der Waals surface area contributed by atoms with Gasteiger partial charge >= 0.3 is 0 Å². The summed E-state index contributed by atoms with van der Waals surface area (Å²) in [5.41, 5.74) is 5.40. The fourth-order valence-corrected chi connectivity index (χ4v) is 3.59. The summed E-state index contributed by atoms with van der Waals surface area (Å²) in [6.07, 6.45) is 1.81. The number of rotatable bonds is 6. The van der Waals surface area contributed by atoms with Crippen LogP contribution in [0, 0.1) is 0 Å². The number of para-hydroxylation sites is 2. The molecule has 1 N–H and O–H groups in total. The van der Waals surface area contributed by atoms with E-state index < -0.39 is 0 Å². The van der Waals surface area contributed by atoms with Crippen LogP contribution in [0.1, 0.15) is 5.69 Å². The number of fused-ring (bicyclic) bond motifs is 4. The van der Waals surface area contributed by atoms with Crippen LogP contribution in [0.25, 0.3) is 33.0 Å². The summed E-state index contributed by atoms with van der Waals surface area (Å²) in [7, 11) is 4.10. The summed E-state index contributed by atoms with van der Waals surface area (Å²) >= 11 is 0. The Bertz CT molecular complexity index is 1300. The zero-order chi connectivity index (χ0) is 19.8. The zero-order valence-electron chi connectivity index (χ0n) is 16.5. The zero-order valence-corrected chi connectivity index (χ0v) is 16.5. The third kappa shape index (κ3) is 3.19. The molecular formula is C22H22N6O. The molecule has 2 aromatic carbocycles. The first-order valence-electron chi connectivity index (χ1n) is 9.66. The predicted molar refractivity (Wildman–Crippen MR) is 115 cm³/mol. The molecule has 0 spiro atoms. The number of hydrogen-bond donors (Lipinski definition) is 1. The van der Waals surface area contributed by atoms with Gasteiger partial charge in [-0.25, -0.2) is 9.67 Å². The van der Waals surface area contributed by atoms with Gasteiger partial charge in [0.25, 0.3) is 0 Å². The highest BCUT2D eigenvalue weighted by atomic mass is 16.3. The molecule has 0 unspecified atom stereocenters. The largest absolute Gasteiger partial charge is 0.452 e. The lowest BCUT2D eigenvalue weighted by molar-refractivity contribution is 0.367. The highest BCUT2D eigenvalue weighted by molar-refractivity contribution is 6.13. The van der Waals surface area contributed by atoms with Crippen LogP contribution in [0.4, 0.5) is 5.69 Å². The van der Waals surface area contributed by atoms with E-state index >= 15 is 0 Å². The Morgan fingerprint density at radius 2 is 1.83 bits per heavy atom. The first-order chi connectivity index (χ1) is 14.2. The van der Waals surface area contributed by atoms with E-state index in [4.69, 9.17) is 9.40 Å². The number of likely N-dealkylation sites (N-methyl/N-ethyl adjacent to an activating group) is 1. The topological polar surface area (TPSA) is 72.0 Å². The number of pyridine rings is 1. The molecule has 3 heterocycles. The maximum Gasteiger partial charge on any atom is 0.177 e. The molecule has 0 aliphatic heterocycles. The normalized spacial score (nSPS) is 11.8. The van der Waals surface area contributed by atoms with E-state index in [1.54, 1.807) is 0 Å². The average molecular weight is 386 g/mol. The summed E-state index contributed by atoms with van der Waals surface area (Å²) in [6.45, 7) is 2.30. The number of anilines is 1. The van der Waals surface area contributed by atoms with E-state index in [0.29, 0.717) is 6.54 Å². The van der Waals surface area contributed by atoms with Crippen molar-refractivity contribution in [1.29, 1.82) is 0 Å². The highest BCUT2D eigenvalue weighted by Crippen LogP contribution is 2.36. The molecule has 3 aromatic heterocycles. The Morgan fingerprint density at radius 1 is 1.03 bits per heavy atom. The lowest BCUT2D eigenvalue weighted by Crippen LogP contribution is -2.21. The third-order valence-corrected chi connectivity index (χ3v) is 5.11. The molecule has 0 saturated heterocycles. The molecule has 0 fully saturated rings. The molecule has 5 rings (SSSR count). The summed E-state index contributed by atoms with van der Waals surface area (Å²) in [5.74, 6) is 0. The third-order valence-electron chi connectivity index (χ3n) is 5.11. The van der Waals surface area contributed by atoms with Crippen LogP contribution in [0.15, 0.2) is 59.1 Å². The van der Waals surface area contributed by atoms with Crippen LogP contribution < -0.4 is 5.32 Å². The quantitative estimate of drug-likeness (QED) is 0.477. The maximum absolute atomic E-state index is 6.20. The van der Waals surface area contributed by atoms with Crippen LogP contribution in [0.3, 0.4) is 0 Å². The van der Waals surface area contributed by atoms with E-state index in [2.05, 4.69) is 40.7 Å². The second-order valence-corrected chi connectivity index (χ2v) is 7.39. The van der Waals surface area contributed by atoms with Gasteiger partial charge in [0.1, 0.15) is 11.1 Å². The molecule has 0 amide bonds. The number of nitrogens with one attached hydrogen (secondary N) is 1.